The Hall–Kier alpha value is -3.16. The summed E-state index contributed by atoms with van der Waals surface area (Å²) in [5.74, 6) is 0.191. The van der Waals surface area contributed by atoms with E-state index in [0.717, 1.165) is 0 Å². The van der Waals surface area contributed by atoms with Crippen LogP contribution in [0.25, 0.3) is 0 Å². The van der Waals surface area contributed by atoms with Crippen LogP contribution in [0.5, 0.6) is 5.75 Å². The molecule has 0 saturated carbocycles. The number of hydrogen-bond donors (Lipinski definition) is 3. The van der Waals surface area contributed by atoms with Crippen molar-refractivity contribution in [2.45, 2.75) is 6.61 Å². The maximum absolute atomic E-state index is 12.1. The molecule has 3 N–H and O–H groups in total. The smallest absolute Gasteiger partial charge is 0.337 e. The van der Waals surface area contributed by atoms with Crippen molar-refractivity contribution < 1.29 is 18.7 Å². The Morgan fingerprint density at radius 3 is 2.54 bits per heavy atom. The maximum atomic E-state index is 12.1. The molecule has 9 heteroatoms. The van der Waals surface area contributed by atoms with Crippen LogP contribution in [0.4, 0.5) is 10.5 Å². The third-order valence-electron chi connectivity index (χ3n) is 3.47. The number of hydrogen-bond acceptors (Lipinski definition) is 4. The number of carbonyl (C=O) groups is 2. The van der Waals surface area contributed by atoms with Gasteiger partial charge >= 0.3 is 11.9 Å². The minimum Gasteiger partial charge on any atom is -0.484 e. The van der Waals surface area contributed by atoms with Gasteiger partial charge in [0.2, 0.25) is 0 Å². The van der Waals surface area contributed by atoms with Crippen molar-refractivity contribution in [1.82, 2.24) is 10.9 Å². The summed E-state index contributed by atoms with van der Waals surface area (Å²) in [7, 11) is 0. The highest BCUT2D eigenvalue weighted by molar-refractivity contribution is 6.34. The summed E-state index contributed by atoms with van der Waals surface area (Å²) in [6, 6.07) is 16.1. The van der Waals surface area contributed by atoms with Crippen LogP contribution >= 0.6 is 23.2 Å². The van der Waals surface area contributed by atoms with E-state index in [0.29, 0.717) is 27.2 Å². The fourth-order valence-electron chi connectivity index (χ4n) is 2.17. The molecule has 3 amide bonds. The molecule has 1 heterocycles. The third-order valence-corrected chi connectivity index (χ3v) is 4.02. The zero-order chi connectivity index (χ0) is 19.9. The molecule has 0 radical (unpaired) electrons. The number of para-hydroxylation sites is 1. The minimum atomic E-state index is -0.616. The van der Waals surface area contributed by atoms with Crippen molar-refractivity contribution in [1.29, 1.82) is 0 Å². The highest BCUT2D eigenvalue weighted by atomic mass is 35.5. The van der Waals surface area contributed by atoms with Crippen LogP contribution in [-0.4, -0.2) is 11.9 Å². The highest BCUT2D eigenvalue weighted by Gasteiger charge is 2.13. The first-order valence-electron chi connectivity index (χ1n) is 8.10. The molecule has 0 aliphatic carbocycles. The molecule has 0 aliphatic rings. The number of carbonyl (C=O) groups excluding carboxylic acids is 2. The molecule has 0 atom stereocenters. The highest BCUT2D eigenvalue weighted by Crippen LogP contribution is 2.28. The number of benzene rings is 2. The second-order valence-electron chi connectivity index (χ2n) is 5.53. The van der Waals surface area contributed by atoms with Gasteiger partial charge in [0, 0.05) is 16.8 Å². The summed E-state index contributed by atoms with van der Waals surface area (Å²) >= 11 is 11.9. The normalized spacial score (nSPS) is 10.2. The number of hydrazine groups is 1. The van der Waals surface area contributed by atoms with Crippen molar-refractivity contribution in [2.75, 3.05) is 5.32 Å². The minimum absolute atomic E-state index is 0.0100. The van der Waals surface area contributed by atoms with E-state index in [1.807, 2.05) is 6.07 Å². The number of rotatable bonds is 5. The van der Waals surface area contributed by atoms with Crippen LogP contribution in [0.2, 0.25) is 10.0 Å². The molecule has 28 heavy (non-hydrogen) atoms. The van der Waals surface area contributed by atoms with Gasteiger partial charge < -0.3 is 14.5 Å². The first-order chi connectivity index (χ1) is 13.5. The lowest BCUT2D eigenvalue weighted by Crippen LogP contribution is -2.43. The second kappa shape index (κ2) is 9.16. The van der Waals surface area contributed by atoms with E-state index in [1.54, 1.807) is 48.5 Å². The molecule has 2 aromatic carbocycles. The largest absolute Gasteiger partial charge is 0.484 e. The lowest BCUT2D eigenvalue weighted by molar-refractivity contribution is 0.0906. The molecule has 7 nitrogen and oxygen atoms in total. The number of nitrogens with one attached hydrogen (secondary N) is 3. The summed E-state index contributed by atoms with van der Waals surface area (Å²) in [5, 5.41) is 3.45. The first-order valence-corrected chi connectivity index (χ1v) is 8.86. The third kappa shape index (κ3) is 5.42. The molecule has 1 aromatic heterocycles. The average molecular weight is 420 g/mol. The molecule has 0 saturated heterocycles. The van der Waals surface area contributed by atoms with Crippen LogP contribution in [-0.2, 0) is 6.61 Å². The zero-order valence-electron chi connectivity index (χ0n) is 14.4. The van der Waals surface area contributed by atoms with E-state index in [1.165, 1.54) is 6.07 Å². The molecule has 0 fully saturated rings. The molecule has 144 valence electrons. The Bertz CT molecular complexity index is 976. The molecule has 0 bridgehead atoms. The van der Waals surface area contributed by atoms with Crippen molar-refractivity contribution in [2.24, 2.45) is 0 Å². The second-order valence-corrected chi connectivity index (χ2v) is 6.37. The van der Waals surface area contributed by atoms with E-state index < -0.39 is 11.9 Å². The number of anilines is 1. The van der Waals surface area contributed by atoms with Crippen LogP contribution in [0.15, 0.2) is 65.1 Å². The van der Waals surface area contributed by atoms with Crippen molar-refractivity contribution in [3.63, 3.8) is 0 Å². The first kappa shape index (κ1) is 19.6. The molecular weight excluding hydrogens is 405 g/mol. The maximum Gasteiger partial charge on any atom is 0.337 e. The van der Waals surface area contributed by atoms with Gasteiger partial charge in [0.05, 0.1) is 5.02 Å². The Labute approximate surface area is 170 Å². The number of amides is 3. The SMILES string of the molecule is O=C(NNC(=O)c1ccc(COc2cc(Cl)ccc2Cl)o1)Nc1ccccc1. The number of furan rings is 1. The topological polar surface area (TPSA) is 92.6 Å². The number of ether oxygens (including phenoxy) is 1. The number of urea groups is 1. The van der Waals surface area contributed by atoms with Crippen LogP contribution in [0.3, 0.4) is 0 Å². The summed E-state index contributed by atoms with van der Waals surface area (Å²) in [4.78, 5) is 23.8. The fourth-order valence-corrected chi connectivity index (χ4v) is 2.51. The molecule has 0 spiro atoms. The van der Waals surface area contributed by atoms with Gasteiger partial charge in [0.15, 0.2) is 5.76 Å². The summed E-state index contributed by atoms with van der Waals surface area (Å²) in [5.41, 5.74) is 5.08. The lowest BCUT2D eigenvalue weighted by atomic mass is 10.3. The average Bonchev–Trinajstić information content (AvgIpc) is 3.17. The Kier molecular flexibility index (Phi) is 6.41. The fraction of sp³-hybridized carbons (Fsp3) is 0.0526. The molecular formula is C19H15Cl2N3O4. The van der Waals surface area contributed by atoms with Gasteiger partial charge in [-0.3, -0.25) is 10.2 Å². The predicted molar refractivity (Wildman–Crippen MR) is 106 cm³/mol. The van der Waals surface area contributed by atoms with Crippen molar-refractivity contribution in [3.8, 4) is 5.75 Å². The van der Waals surface area contributed by atoms with Crippen molar-refractivity contribution >= 4 is 40.8 Å². The Morgan fingerprint density at radius 2 is 1.75 bits per heavy atom. The quantitative estimate of drug-likeness (QED) is 0.525. The van der Waals surface area contributed by atoms with Gasteiger partial charge in [0.1, 0.15) is 18.1 Å². The van der Waals surface area contributed by atoms with Crippen LogP contribution in [0.1, 0.15) is 16.3 Å². The van der Waals surface area contributed by atoms with Gasteiger partial charge in [-0.05, 0) is 36.4 Å². The molecule has 3 aromatic rings. The number of halogens is 2. The van der Waals surface area contributed by atoms with Gasteiger partial charge in [-0.2, -0.15) is 0 Å². The van der Waals surface area contributed by atoms with Crippen LogP contribution < -0.4 is 20.9 Å². The summed E-state index contributed by atoms with van der Waals surface area (Å²) in [6.45, 7) is 0.0509. The standard InChI is InChI=1S/C19H15Cl2N3O4/c20-12-6-8-15(21)17(10-12)27-11-14-7-9-16(28-14)18(25)23-24-19(26)22-13-4-2-1-3-5-13/h1-10H,11H2,(H,23,25)(H2,22,24,26). The van der Waals surface area contributed by atoms with E-state index in [4.69, 9.17) is 32.4 Å². The molecule has 0 unspecified atom stereocenters. The Balaban J connectivity index is 1.49. The van der Waals surface area contributed by atoms with Gasteiger partial charge in [-0.1, -0.05) is 41.4 Å². The predicted octanol–water partition coefficient (Wildman–Crippen LogP) is 4.63. The molecule has 0 aliphatic heterocycles. The summed E-state index contributed by atoms with van der Waals surface area (Å²) in [6.07, 6.45) is 0. The van der Waals surface area contributed by atoms with E-state index in [2.05, 4.69) is 16.2 Å². The summed E-state index contributed by atoms with van der Waals surface area (Å²) < 4.78 is 10.9. The Morgan fingerprint density at radius 1 is 0.964 bits per heavy atom. The van der Waals surface area contributed by atoms with E-state index in [-0.39, 0.29) is 12.4 Å². The van der Waals surface area contributed by atoms with Gasteiger partial charge in [-0.15, -0.1) is 0 Å². The van der Waals surface area contributed by atoms with E-state index in [9.17, 15) is 9.59 Å². The van der Waals surface area contributed by atoms with Crippen LogP contribution in [0, 0.1) is 0 Å². The van der Waals surface area contributed by atoms with Gasteiger partial charge in [0.25, 0.3) is 0 Å². The zero-order valence-corrected chi connectivity index (χ0v) is 15.9. The van der Waals surface area contributed by atoms with Crippen molar-refractivity contribution in [3.05, 3.63) is 82.2 Å². The molecule has 3 rings (SSSR count). The van der Waals surface area contributed by atoms with E-state index >= 15 is 0 Å². The van der Waals surface area contributed by atoms with Gasteiger partial charge in [-0.25, -0.2) is 10.2 Å². The monoisotopic (exact) mass is 419 g/mol. The lowest BCUT2D eigenvalue weighted by Gasteiger charge is -2.08.